The van der Waals surface area contributed by atoms with Crippen molar-refractivity contribution in [3.63, 3.8) is 0 Å². The van der Waals surface area contributed by atoms with Gasteiger partial charge in [-0.25, -0.2) is 0 Å². The molecule has 26 unspecified atom stereocenters. The SMILES string of the molecule is CC(C)CC1C(C)CC(C)CC1O.CC(C)CC1C(C)CCC(C)C1O.CC(C)CC1C(O)CCC(C)C1C.CC(C)CC1CCC(C)C(C)C1O.CCCCC1C(C)CC(O)CC1C.CCCCC1CC(C)C(O)CC1C.CCCCC1CCC(O)C(C)C1C. The van der Waals surface area contributed by atoms with Gasteiger partial charge in [-0.3, -0.25) is 0 Å². The molecule has 7 aliphatic rings. The molecule has 0 aliphatic heterocycles. The van der Waals surface area contributed by atoms with Crippen molar-refractivity contribution < 1.29 is 35.7 Å². The van der Waals surface area contributed by atoms with Crippen LogP contribution in [0.5, 0.6) is 0 Å². The molecule has 546 valence electrons. The molecule has 0 amide bonds. The van der Waals surface area contributed by atoms with E-state index in [4.69, 9.17) is 0 Å². The highest BCUT2D eigenvalue weighted by atomic mass is 16.3. The first-order valence-electron chi connectivity index (χ1n) is 40.3. The molecule has 0 heterocycles. The maximum atomic E-state index is 10.1. The lowest BCUT2D eigenvalue weighted by atomic mass is 9.69. The molecule has 7 saturated carbocycles. The zero-order valence-corrected chi connectivity index (χ0v) is 65.7. The Morgan fingerprint density at radius 3 is 1.24 bits per heavy atom. The molecule has 0 aromatic carbocycles. The summed E-state index contributed by atoms with van der Waals surface area (Å²) in [5.41, 5.74) is 0. The first kappa shape index (κ1) is 88.7. The van der Waals surface area contributed by atoms with E-state index in [0.717, 1.165) is 97.7 Å². The van der Waals surface area contributed by atoms with E-state index in [-0.39, 0.29) is 42.7 Å². The highest BCUT2D eigenvalue weighted by molar-refractivity contribution is 4.89. The second kappa shape index (κ2) is 46.9. The van der Waals surface area contributed by atoms with Gasteiger partial charge in [-0.15, -0.1) is 0 Å². The Hall–Kier alpha value is -0.280. The smallest absolute Gasteiger partial charge is 0.0596 e. The van der Waals surface area contributed by atoms with Crippen molar-refractivity contribution in [3.8, 4) is 0 Å². The van der Waals surface area contributed by atoms with Crippen LogP contribution in [0.3, 0.4) is 0 Å². The standard InChI is InChI=1S/7C12H24O/c1-8(2)5-11-10(4)6-9(3)7-12(11)13;1-8(2)7-11-10(4)9(3)5-6-12(11)13;1-8(2)7-11-6-5-9(3)10(4)12(11)13;1-8(2)7-11-9(3)5-6-10(4)12(11)13;1-4-5-6-11-7-10(3)12(13)8-9(11)2;1-4-5-6-12-9(2)7-11(13)8-10(12)3;1-4-5-6-11-7-8-12(13)10(3)9(11)2/h4*8-13H,5-7H2,1-4H3;3*9-13H,4-8H2,1-3H3. The first-order valence-corrected chi connectivity index (χ1v) is 40.3. The molecule has 0 spiro atoms. The Morgan fingerprint density at radius 2 is 0.714 bits per heavy atom. The summed E-state index contributed by atoms with van der Waals surface area (Å²) in [6.45, 7) is 56.5. The third-order valence-corrected chi connectivity index (χ3v) is 25.6. The predicted molar refractivity (Wildman–Crippen MR) is 396 cm³/mol. The van der Waals surface area contributed by atoms with Gasteiger partial charge in [-0.2, -0.15) is 0 Å². The van der Waals surface area contributed by atoms with Gasteiger partial charge in [0.15, 0.2) is 0 Å². The fourth-order valence-electron chi connectivity index (χ4n) is 18.5. The lowest BCUT2D eigenvalue weighted by molar-refractivity contribution is -0.0120. The minimum Gasteiger partial charge on any atom is -0.393 e. The molecule has 0 bridgehead atoms. The predicted octanol–water partition coefficient (Wildman–Crippen LogP) is 22.0. The molecule has 0 aromatic rings. The number of aliphatic hydroxyl groups excluding tert-OH is 7. The van der Waals surface area contributed by atoms with Crippen LogP contribution in [-0.2, 0) is 0 Å². The van der Waals surface area contributed by atoms with Crippen molar-refractivity contribution in [2.24, 2.45) is 148 Å². The van der Waals surface area contributed by atoms with E-state index in [2.05, 4.69) is 173 Å². The molecular formula is C84H168O7. The molecule has 7 fully saturated rings. The van der Waals surface area contributed by atoms with E-state index >= 15 is 0 Å². The van der Waals surface area contributed by atoms with Gasteiger partial charge in [-0.05, 0) is 257 Å². The molecule has 91 heavy (non-hydrogen) atoms. The van der Waals surface area contributed by atoms with Gasteiger partial charge in [0, 0.05) is 0 Å². The summed E-state index contributed by atoms with van der Waals surface area (Å²) < 4.78 is 0. The Morgan fingerprint density at radius 1 is 0.275 bits per heavy atom. The van der Waals surface area contributed by atoms with Crippen LogP contribution >= 0.6 is 0 Å². The average molecular weight is 1290 g/mol. The van der Waals surface area contributed by atoms with Crippen molar-refractivity contribution in [1.82, 2.24) is 0 Å². The molecule has 7 heteroatoms. The summed E-state index contributed by atoms with van der Waals surface area (Å²) in [5.74, 6) is 17.0. The molecule has 7 aliphatic carbocycles. The van der Waals surface area contributed by atoms with Crippen LogP contribution in [0, 0.1) is 148 Å². The first-order chi connectivity index (χ1) is 42.5. The molecule has 7 nitrogen and oxygen atoms in total. The third kappa shape index (κ3) is 33.4. The van der Waals surface area contributed by atoms with Crippen molar-refractivity contribution in [3.05, 3.63) is 0 Å². The van der Waals surface area contributed by atoms with Crippen LogP contribution in [0.2, 0.25) is 0 Å². The summed E-state index contributed by atoms with van der Waals surface area (Å²) in [6, 6.07) is 0. The quantitative estimate of drug-likeness (QED) is 0.0769. The molecule has 0 radical (unpaired) electrons. The maximum Gasteiger partial charge on any atom is 0.0596 e. The van der Waals surface area contributed by atoms with Gasteiger partial charge < -0.3 is 35.7 Å². The van der Waals surface area contributed by atoms with Gasteiger partial charge in [0.05, 0.1) is 42.7 Å². The number of hydrogen-bond acceptors (Lipinski definition) is 7. The fourth-order valence-corrected chi connectivity index (χ4v) is 18.5. The van der Waals surface area contributed by atoms with Gasteiger partial charge >= 0.3 is 0 Å². The van der Waals surface area contributed by atoms with E-state index in [1.54, 1.807) is 0 Å². The molecule has 0 aromatic heterocycles. The fraction of sp³-hybridized carbons (Fsp3) is 1.00. The van der Waals surface area contributed by atoms with Crippen LogP contribution in [-0.4, -0.2) is 78.5 Å². The Labute approximate surface area is 570 Å². The summed E-state index contributed by atoms with van der Waals surface area (Å²) in [7, 11) is 0. The van der Waals surface area contributed by atoms with E-state index in [1.165, 1.54) is 135 Å². The Bertz CT molecular complexity index is 1670. The highest BCUT2D eigenvalue weighted by Crippen LogP contribution is 2.43. The second-order valence-corrected chi connectivity index (χ2v) is 35.8. The zero-order valence-electron chi connectivity index (χ0n) is 65.7. The van der Waals surface area contributed by atoms with Crippen LogP contribution in [0.25, 0.3) is 0 Å². The van der Waals surface area contributed by atoms with Gasteiger partial charge in [0.1, 0.15) is 0 Å². The van der Waals surface area contributed by atoms with Crippen molar-refractivity contribution in [1.29, 1.82) is 0 Å². The van der Waals surface area contributed by atoms with E-state index in [1.807, 2.05) is 0 Å². The third-order valence-electron chi connectivity index (χ3n) is 25.6. The van der Waals surface area contributed by atoms with Crippen molar-refractivity contribution >= 4 is 0 Å². The van der Waals surface area contributed by atoms with Gasteiger partial charge in [-0.1, -0.05) is 237 Å². The summed E-state index contributed by atoms with van der Waals surface area (Å²) >= 11 is 0. The largest absolute Gasteiger partial charge is 0.393 e. The molecule has 26 atom stereocenters. The topological polar surface area (TPSA) is 142 Å². The van der Waals surface area contributed by atoms with Crippen LogP contribution < -0.4 is 0 Å². The zero-order chi connectivity index (χ0) is 69.6. The minimum absolute atomic E-state index is 0.0251. The summed E-state index contributed by atoms with van der Waals surface area (Å²) in [6.07, 6.45) is 32.7. The molecular weight excluding hydrogens is 1120 g/mol. The lowest BCUT2D eigenvalue weighted by Crippen LogP contribution is -2.37. The highest BCUT2D eigenvalue weighted by Gasteiger charge is 2.38. The molecule has 0 saturated heterocycles. The number of aliphatic hydroxyl groups is 7. The number of unbranched alkanes of at least 4 members (excludes halogenated alkanes) is 3. The van der Waals surface area contributed by atoms with Crippen LogP contribution in [0.4, 0.5) is 0 Å². The Balaban J connectivity index is 0.000000531. The van der Waals surface area contributed by atoms with Crippen molar-refractivity contribution in [2.45, 2.75) is 389 Å². The van der Waals surface area contributed by atoms with E-state index in [0.29, 0.717) is 88.8 Å². The van der Waals surface area contributed by atoms with Gasteiger partial charge in [0.25, 0.3) is 0 Å². The normalized spacial score (nSPS) is 40.9. The van der Waals surface area contributed by atoms with E-state index in [9.17, 15) is 35.7 Å². The van der Waals surface area contributed by atoms with Crippen LogP contribution in [0.1, 0.15) is 346 Å². The number of hydrogen-bond donors (Lipinski definition) is 7. The van der Waals surface area contributed by atoms with E-state index < -0.39 is 0 Å². The van der Waals surface area contributed by atoms with Crippen molar-refractivity contribution in [2.75, 3.05) is 0 Å². The molecule has 7 rings (SSSR count). The maximum absolute atomic E-state index is 10.1. The minimum atomic E-state index is -0.0499. The summed E-state index contributed by atoms with van der Waals surface area (Å²) in [5, 5.41) is 69.0. The lowest BCUT2D eigenvalue weighted by Gasteiger charge is -2.38. The monoisotopic (exact) mass is 1290 g/mol. The second-order valence-electron chi connectivity index (χ2n) is 35.8. The summed E-state index contributed by atoms with van der Waals surface area (Å²) in [4.78, 5) is 0. The average Bonchev–Trinajstić information content (AvgIpc) is 2.00. The van der Waals surface area contributed by atoms with Crippen LogP contribution in [0.15, 0.2) is 0 Å². The molecule has 7 N–H and O–H groups in total. The number of rotatable bonds is 17. The Kier molecular flexibility index (Phi) is 45.7. The van der Waals surface area contributed by atoms with Gasteiger partial charge in [0.2, 0.25) is 0 Å².